The minimum Gasteiger partial charge on any atom is -0.323 e. The molecule has 1 N–H and O–H groups in total. The summed E-state index contributed by atoms with van der Waals surface area (Å²) in [5, 5.41) is 11.8. The van der Waals surface area contributed by atoms with Crippen molar-refractivity contribution in [3.63, 3.8) is 0 Å². The van der Waals surface area contributed by atoms with Crippen molar-refractivity contribution in [2.24, 2.45) is 5.92 Å². The molecular formula is C20H24BrN5O. The number of aryl methyl sites for hydroxylation is 2. The fourth-order valence-corrected chi connectivity index (χ4v) is 3.22. The standard InChI is InChI=1S/C20H24BrN5O/c1-13-7-5-6-8-17(13)11-25-12-18(9-22-25)23-20(27)14(2)10-26-16(4)19(21)15(3)24-26/h5-9,12,14H,10-11H2,1-4H3,(H,23,27). The highest BCUT2D eigenvalue weighted by Gasteiger charge is 2.18. The van der Waals surface area contributed by atoms with Crippen LogP contribution in [0, 0.1) is 26.7 Å². The minimum atomic E-state index is -0.213. The molecule has 0 aliphatic rings. The number of carbonyl (C=O) groups is 1. The monoisotopic (exact) mass is 429 g/mol. The van der Waals surface area contributed by atoms with E-state index in [0.717, 1.165) is 15.9 Å². The van der Waals surface area contributed by atoms with Gasteiger partial charge in [0, 0.05) is 11.9 Å². The Morgan fingerprint density at radius 3 is 2.67 bits per heavy atom. The molecule has 0 bridgehead atoms. The second-order valence-corrected chi connectivity index (χ2v) is 7.70. The van der Waals surface area contributed by atoms with Crippen LogP contribution >= 0.6 is 15.9 Å². The van der Waals surface area contributed by atoms with E-state index < -0.39 is 0 Å². The summed E-state index contributed by atoms with van der Waals surface area (Å²) in [7, 11) is 0. The molecule has 6 nitrogen and oxygen atoms in total. The van der Waals surface area contributed by atoms with Gasteiger partial charge < -0.3 is 5.32 Å². The van der Waals surface area contributed by atoms with Crippen molar-refractivity contribution in [3.8, 4) is 0 Å². The number of benzene rings is 1. The number of hydrogen-bond donors (Lipinski definition) is 1. The maximum absolute atomic E-state index is 12.5. The van der Waals surface area contributed by atoms with Crippen LogP contribution in [0.1, 0.15) is 29.4 Å². The molecule has 0 fully saturated rings. The van der Waals surface area contributed by atoms with Gasteiger partial charge in [-0.2, -0.15) is 10.2 Å². The lowest BCUT2D eigenvalue weighted by Crippen LogP contribution is -2.25. The number of rotatable bonds is 6. The third kappa shape index (κ3) is 4.47. The first kappa shape index (κ1) is 19.4. The Kier molecular flexibility index (Phi) is 5.79. The number of hydrogen-bond acceptors (Lipinski definition) is 3. The molecule has 1 atom stereocenters. The van der Waals surface area contributed by atoms with E-state index in [-0.39, 0.29) is 11.8 Å². The van der Waals surface area contributed by atoms with Crippen LogP contribution in [-0.4, -0.2) is 25.5 Å². The van der Waals surface area contributed by atoms with E-state index in [4.69, 9.17) is 0 Å². The van der Waals surface area contributed by atoms with Gasteiger partial charge in [-0.25, -0.2) is 0 Å². The summed E-state index contributed by atoms with van der Waals surface area (Å²) in [6.07, 6.45) is 3.54. The van der Waals surface area contributed by atoms with Crippen LogP contribution in [0.25, 0.3) is 0 Å². The maximum Gasteiger partial charge on any atom is 0.229 e. The van der Waals surface area contributed by atoms with Gasteiger partial charge in [0.25, 0.3) is 0 Å². The molecule has 1 aromatic carbocycles. The Morgan fingerprint density at radius 2 is 2.00 bits per heavy atom. The molecule has 1 amide bonds. The zero-order chi connectivity index (χ0) is 19.6. The highest BCUT2D eigenvalue weighted by molar-refractivity contribution is 9.10. The van der Waals surface area contributed by atoms with E-state index >= 15 is 0 Å². The van der Waals surface area contributed by atoms with Gasteiger partial charge in [0.15, 0.2) is 0 Å². The van der Waals surface area contributed by atoms with Crippen LogP contribution in [0.3, 0.4) is 0 Å². The Bertz CT molecular complexity index is 959. The Hall–Kier alpha value is -2.41. The number of carbonyl (C=O) groups excluding carboxylic acids is 1. The second-order valence-electron chi connectivity index (χ2n) is 6.91. The molecular weight excluding hydrogens is 406 g/mol. The number of nitrogens with zero attached hydrogens (tertiary/aromatic N) is 4. The summed E-state index contributed by atoms with van der Waals surface area (Å²) in [5.41, 5.74) is 5.09. The third-order valence-electron chi connectivity index (χ3n) is 4.68. The smallest absolute Gasteiger partial charge is 0.229 e. The van der Waals surface area contributed by atoms with Gasteiger partial charge in [-0.3, -0.25) is 14.2 Å². The molecule has 3 rings (SSSR count). The van der Waals surface area contributed by atoms with Gasteiger partial charge in [-0.15, -0.1) is 0 Å². The van der Waals surface area contributed by atoms with Crippen molar-refractivity contribution >= 4 is 27.5 Å². The SMILES string of the molecule is Cc1ccccc1Cn1cc(NC(=O)C(C)Cn2nc(C)c(Br)c2C)cn1. The van der Waals surface area contributed by atoms with E-state index in [9.17, 15) is 4.79 Å². The van der Waals surface area contributed by atoms with Crippen LogP contribution in [0.15, 0.2) is 41.1 Å². The quantitative estimate of drug-likeness (QED) is 0.641. The van der Waals surface area contributed by atoms with Crippen LogP contribution in [0.4, 0.5) is 5.69 Å². The lowest BCUT2D eigenvalue weighted by molar-refractivity contribution is -0.119. The zero-order valence-corrected chi connectivity index (χ0v) is 17.6. The third-order valence-corrected chi connectivity index (χ3v) is 5.83. The van der Waals surface area contributed by atoms with Gasteiger partial charge in [0.05, 0.1) is 41.1 Å². The molecule has 27 heavy (non-hydrogen) atoms. The predicted molar refractivity (Wildman–Crippen MR) is 110 cm³/mol. The second kappa shape index (κ2) is 8.08. The number of nitrogens with one attached hydrogen (secondary N) is 1. The molecule has 0 aliphatic heterocycles. The molecule has 0 saturated heterocycles. The van der Waals surface area contributed by atoms with Gasteiger partial charge in [0.2, 0.25) is 5.91 Å². The number of halogens is 1. The first-order valence-corrected chi connectivity index (χ1v) is 9.71. The average Bonchev–Trinajstić information content (AvgIpc) is 3.17. The van der Waals surface area contributed by atoms with Crippen LogP contribution in [-0.2, 0) is 17.9 Å². The summed E-state index contributed by atoms with van der Waals surface area (Å²) in [6, 6.07) is 8.22. The first-order chi connectivity index (χ1) is 12.8. The van der Waals surface area contributed by atoms with E-state index in [1.54, 1.807) is 6.20 Å². The number of anilines is 1. The van der Waals surface area contributed by atoms with Crippen LogP contribution in [0.2, 0.25) is 0 Å². The molecule has 3 aromatic rings. The van der Waals surface area contributed by atoms with Gasteiger partial charge in [-0.1, -0.05) is 31.2 Å². The van der Waals surface area contributed by atoms with Crippen molar-refractivity contribution in [3.05, 3.63) is 63.6 Å². The Labute approximate surface area is 167 Å². The minimum absolute atomic E-state index is 0.0471. The van der Waals surface area contributed by atoms with Gasteiger partial charge in [0.1, 0.15) is 0 Å². The van der Waals surface area contributed by atoms with Crippen molar-refractivity contribution in [2.75, 3.05) is 5.32 Å². The summed E-state index contributed by atoms with van der Waals surface area (Å²) in [5.74, 6) is -0.260. The van der Waals surface area contributed by atoms with E-state index in [2.05, 4.69) is 50.5 Å². The summed E-state index contributed by atoms with van der Waals surface area (Å²) in [6.45, 7) is 9.13. The molecule has 1 unspecified atom stereocenters. The van der Waals surface area contributed by atoms with Gasteiger partial charge in [-0.05, 0) is 47.8 Å². The van der Waals surface area contributed by atoms with Crippen LogP contribution < -0.4 is 5.32 Å². The topological polar surface area (TPSA) is 64.7 Å². The molecule has 2 heterocycles. The molecule has 0 spiro atoms. The fraction of sp³-hybridized carbons (Fsp3) is 0.350. The average molecular weight is 430 g/mol. The van der Waals surface area contributed by atoms with Crippen molar-refractivity contribution < 1.29 is 4.79 Å². The van der Waals surface area contributed by atoms with Crippen LogP contribution in [0.5, 0.6) is 0 Å². The van der Waals surface area contributed by atoms with E-state index in [1.165, 1.54) is 11.1 Å². The summed E-state index contributed by atoms with van der Waals surface area (Å²) >= 11 is 3.52. The van der Waals surface area contributed by atoms with Crippen molar-refractivity contribution in [1.29, 1.82) is 0 Å². The molecule has 142 valence electrons. The highest BCUT2D eigenvalue weighted by atomic mass is 79.9. The van der Waals surface area contributed by atoms with E-state index in [0.29, 0.717) is 18.8 Å². The molecule has 0 radical (unpaired) electrons. The summed E-state index contributed by atoms with van der Waals surface area (Å²) in [4.78, 5) is 12.5. The number of aromatic nitrogens is 4. The lowest BCUT2D eigenvalue weighted by Gasteiger charge is -2.12. The molecule has 0 aliphatic carbocycles. The predicted octanol–water partition coefficient (Wildman–Crippen LogP) is 4.09. The molecule has 2 aromatic heterocycles. The van der Waals surface area contributed by atoms with E-state index in [1.807, 2.05) is 48.5 Å². The summed E-state index contributed by atoms with van der Waals surface area (Å²) < 4.78 is 4.69. The molecule has 0 saturated carbocycles. The highest BCUT2D eigenvalue weighted by Crippen LogP contribution is 2.21. The first-order valence-electron chi connectivity index (χ1n) is 8.92. The fourth-order valence-electron chi connectivity index (χ4n) is 2.94. The normalized spacial score (nSPS) is 12.2. The Morgan fingerprint density at radius 1 is 1.26 bits per heavy atom. The molecule has 7 heteroatoms. The van der Waals surface area contributed by atoms with Crippen molar-refractivity contribution in [2.45, 2.75) is 40.8 Å². The number of amides is 1. The van der Waals surface area contributed by atoms with Crippen molar-refractivity contribution in [1.82, 2.24) is 19.6 Å². The Balaban J connectivity index is 1.61. The largest absolute Gasteiger partial charge is 0.323 e. The van der Waals surface area contributed by atoms with Gasteiger partial charge >= 0.3 is 0 Å². The maximum atomic E-state index is 12.5. The lowest BCUT2D eigenvalue weighted by atomic mass is 10.1. The zero-order valence-electron chi connectivity index (χ0n) is 16.0.